The Balaban J connectivity index is 1.73. The van der Waals surface area contributed by atoms with Crippen LogP contribution in [0.4, 0.5) is 0 Å². The second-order valence-corrected chi connectivity index (χ2v) is 5.21. The highest BCUT2D eigenvalue weighted by atomic mass is 16.2. The predicted molar refractivity (Wildman–Crippen MR) is 73.2 cm³/mol. The van der Waals surface area contributed by atoms with Gasteiger partial charge in [-0.2, -0.15) is 0 Å². The molecule has 98 valence electrons. The van der Waals surface area contributed by atoms with Gasteiger partial charge in [-0.05, 0) is 25.5 Å². The Bertz CT molecular complexity index is 371. The summed E-state index contributed by atoms with van der Waals surface area (Å²) in [4.78, 5) is 13.9. The van der Waals surface area contributed by atoms with Crippen molar-refractivity contribution < 1.29 is 4.79 Å². The van der Waals surface area contributed by atoms with Gasteiger partial charge in [-0.3, -0.25) is 9.69 Å². The van der Waals surface area contributed by atoms with Crippen molar-refractivity contribution in [1.82, 2.24) is 10.2 Å². The van der Waals surface area contributed by atoms with E-state index in [1.54, 1.807) is 0 Å². The fourth-order valence-electron chi connectivity index (χ4n) is 2.54. The summed E-state index contributed by atoms with van der Waals surface area (Å²) in [5.74, 6) is 0.153. The monoisotopic (exact) mass is 246 g/mol. The third-order valence-corrected chi connectivity index (χ3v) is 3.43. The number of carbonyl (C=O) groups excluding carboxylic acids is 1. The van der Waals surface area contributed by atoms with Gasteiger partial charge in [0.05, 0.1) is 6.54 Å². The van der Waals surface area contributed by atoms with Crippen LogP contribution >= 0.6 is 0 Å². The Morgan fingerprint density at radius 2 is 1.94 bits per heavy atom. The van der Waals surface area contributed by atoms with Crippen molar-refractivity contribution in [2.75, 3.05) is 13.6 Å². The van der Waals surface area contributed by atoms with Crippen molar-refractivity contribution >= 4 is 5.91 Å². The van der Waals surface area contributed by atoms with E-state index >= 15 is 0 Å². The molecule has 1 amide bonds. The number of nitrogens with one attached hydrogen (secondary N) is 1. The Morgan fingerprint density at radius 3 is 2.61 bits per heavy atom. The molecule has 0 bridgehead atoms. The second kappa shape index (κ2) is 6.55. The summed E-state index contributed by atoms with van der Waals surface area (Å²) in [6.07, 6.45) is 4.80. The lowest BCUT2D eigenvalue weighted by molar-refractivity contribution is -0.122. The van der Waals surface area contributed by atoms with E-state index in [9.17, 15) is 4.79 Å². The molecule has 1 aliphatic rings. The number of carbonyl (C=O) groups is 1. The molecule has 0 spiro atoms. The van der Waals surface area contributed by atoms with Crippen LogP contribution in [0.3, 0.4) is 0 Å². The zero-order chi connectivity index (χ0) is 12.8. The molecular weight excluding hydrogens is 224 g/mol. The third-order valence-electron chi connectivity index (χ3n) is 3.43. The van der Waals surface area contributed by atoms with Gasteiger partial charge in [0.1, 0.15) is 0 Å². The predicted octanol–water partition coefficient (Wildman–Crippen LogP) is 2.18. The van der Waals surface area contributed by atoms with Gasteiger partial charge in [0.25, 0.3) is 0 Å². The van der Waals surface area contributed by atoms with E-state index in [-0.39, 0.29) is 5.91 Å². The minimum atomic E-state index is 0.153. The minimum Gasteiger partial charge on any atom is -0.352 e. The number of benzene rings is 1. The molecule has 2 rings (SSSR count). The van der Waals surface area contributed by atoms with Gasteiger partial charge < -0.3 is 5.32 Å². The second-order valence-electron chi connectivity index (χ2n) is 5.21. The Hall–Kier alpha value is -1.35. The molecule has 0 heterocycles. The highest BCUT2D eigenvalue weighted by Gasteiger charge is 2.17. The largest absolute Gasteiger partial charge is 0.352 e. The lowest BCUT2D eigenvalue weighted by atomic mass is 10.2. The average molecular weight is 246 g/mol. The highest BCUT2D eigenvalue weighted by Crippen LogP contribution is 2.17. The van der Waals surface area contributed by atoms with Crippen LogP contribution in [0.5, 0.6) is 0 Å². The van der Waals surface area contributed by atoms with Crippen LogP contribution in [0.1, 0.15) is 31.2 Å². The van der Waals surface area contributed by atoms with Crippen LogP contribution in [-0.2, 0) is 11.3 Å². The number of likely N-dealkylation sites (N-methyl/N-ethyl adjacent to an activating group) is 1. The van der Waals surface area contributed by atoms with Gasteiger partial charge in [0.2, 0.25) is 5.91 Å². The van der Waals surface area contributed by atoms with Crippen LogP contribution < -0.4 is 5.32 Å². The first-order chi connectivity index (χ1) is 8.74. The quantitative estimate of drug-likeness (QED) is 0.863. The molecule has 3 nitrogen and oxygen atoms in total. The third kappa shape index (κ3) is 4.15. The molecule has 0 radical (unpaired) electrons. The van der Waals surface area contributed by atoms with Crippen molar-refractivity contribution in [2.45, 2.75) is 38.3 Å². The maximum Gasteiger partial charge on any atom is 0.234 e. The summed E-state index contributed by atoms with van der Waals surface area (Å²) in [5, 5.41) is 3.11. The maximum absolute atomic E-state index is 11.8. The number of hydrogen-bond donors (Lipinski definition) is 1. The SMILES string of the molecule is CN(CC(=O)NC1CCCC1)Cc1ccccc1. The van der Waals surface area contributed by atoms with Crippen molar-refractivity contribution in [2.24, 2.45) is 0 Å². The fourth-order valence-corrected chi connectivity index (χ4v) is 2.54. The van der Waals surface area contributed by atoms with E-state index < -0.39 is 0 Å². The maximum atomic E-state index is 11.8. The molecule has 1 saturated carbocycles. The van der Waals surface area contributed by atoms with Crippen LogP contribution in [-0.4, -0.2) is 30.4 Å². The highest BCUT2D eigenvalue weighted by molar-refractivity contribution is 5.78. The molecule has 0 aliphatic heterocycles. The van der Waals surface area contributed by atoms with Crippen LogP contribution in [0.25, 0.3) is 0 Å². The zero-order valence-electron chi connectivity index (χ0n) is 11.1. The van der Waals surface area contributed by atoms with Gasteiger partial charge in [0.15, 0.2) is 0 Å². The van der Waals surface area contributed by atoms with Crippen LogP contribution in [0.15, 0.2) is 30.3 Å². The Labute approximate surface area is 109 Å². The molecule has 1 aromatic rings. The van der Waals surface area contributed by atoms with E-state index in [0.717, 1.165) is 19.4 Å². The van der Waals surface area contributed by atoms with E-state index in [1.165, 1.54) is 18.4 Å². The first-order valence-electron chi connectivity index (χ1n) is 6.76. The molecule has 1 aromatic carbocycles. The summed E-state index contributed by atoms with van der Waals surface area (Å²) < 4.78 is 0. The molecule has 1 aliphatic carbocycles. The topological polar surface area (TPSA) is 32.3 Å². The Morgan fingerprint density at radius 1 is 1.28 bits per heavy atom. The summed E-state index contributed by atoms with van der Waals surface area (Å²) in [5.41, 5.74) is 1.24. The van der Waals surface area contributed by atoms with Crippen molar-refractivity contribution in [3.8, 4) is 0 Å². The van der Waals surface area contributed by atoms with Crippen molar-refractivity contribution in [3.05, 3.63) is 35.9 Å². The minimum absolute atomic E-state index is 0.153. The average Bonchev–Trinajstić information content (AvgIpc) is 2.82. The van der Waals surface area contributed by atoms with Gasteiger partial charge >= 0.3 is 0 Å². The molecule has 18 heavy (non-hydrogen) atoms. The number of rotatable bonds is 5. The van der Waals surface area contributed by atoms with E-state index in [0.29, 0.717) is 12.6 Å². The summed E-state index contributed by atoms with van der Waals surface area (Å²) in [6, 6.07) is 10.7. The van der Waals surface area contributed by atoms with Gasteiger partial charge in [0, 0.05) is 12.6 Å². The van der Waals surface area contributed by atoms with Crippen molar-refractivity contribution in [3.63, 3.8) is 0 Å². The van der Waals surface area contributed by atoms with Crippen molar-refractivity contribution in [1.29, 1.82) is 0 Å². The first kappa shape index (κ1) is 13.1. The molecule has 1 N–H and O–H groups in total. The smallest absolute Gasteiger partial charge is 0.234 e. The summed E-state index contributed by atoms with van der Waals surface area (Å²) >= 11 is 0. The standard InChI is InChI=1S/C15H22N2O/c1-17(11-13-7-3-2-4-8-13)12-15(18)16-14-9-5-6-10-14/h2-4,7-8,14H,5-6,9-12H2,1H3,(H,16,18). The normalized spacial score (nSPS) is 16.1. The van der Waals surface area contributed by atoms with Gasteiger partial charge in [-0.1, -0.05) is 43.2 Å². The Kier molecular flexibility index (Phi) is 4.76. The summed E-state index contributed by atoms with van der Waals surface area (Å²) in [7, 11) is 1.99. The number of amides is 1. The lowest BCUT2D eigenvalue weighted by Gasteiger charge is -2.18. The molecule has 3 heteroatoms. The fraction of sp³-hybridized carbons (Fsp3) is 0.533. The van der Waals surface area contributed by atoms with E-state index in [1.807, 2.05) is 25.2 Å². The molecule has 0 saturated heterocycles. The van der Waals surface area contributed by atoms with E-state index in [4.69, 9.17) is 0 Å². The molecule has 0 unspecified atom stereocenters. The molecule has 0 aromatic heterocycles. The van der Waals surface area contributed by atoms with E-state index in [2.05, 4.69) is 22.3 Å². The molecular formula is C15H22N2O. The van der Waals surface area contributed by atoms with Gasteiger partial charge in [-0.15, -0.1) is 0 Å². The van der Waals surface area contributed by atoms with Crippen LogP contribution in [0.2, 0.25) is 0 Å². The number of hydrogen-bond acceptors (Lipinski definition) is 2. The van der Waals surface area contributed by atoms with Gasteiger partial charge in [-0.25, -0.2) is 0 Å². The summed E-state index contributed by atoms with van der Waals surface area (Å²) in [6.45, 7) is 1.30. The molecule has 0 atom stereocenters. The zero-order valence-corrected chi connectivity index (χ0v) is 11.1. The van der Waals surface area contributed by atoms with Crippen LogP contribution in [0, 0.1) is 0 Å². The molecule has 1 fully saturated rings. The lowest BCUT2D eigenvalue weighted by Crippen LogP contribution is -2.39. The first-order valence-corrected chi connectivity index (χ1v) is 6.76. The number of nitrogens with zero attached hydrogens (tertiary/aromatic N) is 1.